The first kappa shape index (κ1) is 53.8. The standard InChI is InChI=1S/C59H29Cl2N2O10/c1-35(2)10-6-11-36(3)49-20-21-50-46-19-18-42-26-37(22-24-58(42,4)51(46)23-25-59(49,50)5)12-9-17-45(40-29-47(56(64)65)54(52(60)31-40)72-33-38-13-7-15-43(27-38)62(68)69)41-30-48(57(66)67)55(53(61)32-41)73-34-39-14-8-16-44(28-39)63(70)71/h7-8,13-16,27-32,37,46,49-51H,1-5H2,(H,64,65)(H,66,67)/p-2/t37-,46-,49+,50-,51-,58-,59+/m0/s1. The summed E-state index contributed by atoms with van der Waals surface area (Å²) in [7, 11) is 0. The summed E-state index contributed by atoms with van der Waals surface area (Å²) >= 11 is 13.3. The third kappa shape index (κ3) is 11.6. The van der Waals surface area contributed by atoms with Crippen LogP contribution < -0.4 is 19.7 Å². The van der Waals surface area contributed by atoms with Gasteiger partial charge in [0, 0.05) is 59.4 Å². The third-order valence-electron chi connectivity index (χ3n) is 11.7. The lowest BCUT2D eigenvalue weighted by atomic mass is 9.44. The van der Waals surface area contributed by atoms with Gasteiger partial charge in [0.1, 0.15) is 11.5 Å². The molecule has 0 saturated heterocycles. The van der Waals surface area contributed by atoms with Crippen molar-refractivity contribution in [2.24, 2.45) is 40.4 Å². The molecule has 4 aliphatic carbocycles. The molecule has 4 fully saturated rings. The number of aromatic carboxylic acids is 2. The highest BCUT2D eigenvalue weighted by Crippen LogP contribution is 2.67. The van der Waals surface area contributed by atoms with Crippen LogP contribution in [-0.2, 0) is 0 Å². The zero-order valence-electron chi connectivity index (χ0n) is 37.6. The molecule has 12 nitrogen and oxygen atoms in total. The topological polar surface area (TPSA) is 185 Å². The van der Waals surface area contributed by atoms with E-state index in [-0.39, 0.29) is 61.1 Å². The molecular weight excluding hydrogens is 968 g/mol. The first-order valence-corrected chi connectivity index (χ1v) is 22.0. The zero-order valence-corrected chi connectivity index (χ0v) is 39.1. The molecule has 4 aromatic carbocycles. The molecule has 7 atom stereocenters. The number of nitro groups is 2. The van der Waals surface area contributed by atoms with Crippen LogP contribution in [0.2, 0.25) is 10.0 Å². The highest BCUT2D eigenvalue weighted by atomic mass is 35.5. The number of hydrogen-bond donors (Lipinski definition) is 0. The Kier molecular flexibility index (Phi) is 16.6. The van der Waals surface area contributed by atoms with Gasteiger partial charge in [0.15, 0.2) is 0 Å². The minimum absolute atomic E-state index is 0.0194. The largest absolute Gasteiger partial charge is 0.545 e. The molecule has 0 unspecified atom stereocenters. The van der Waals surface area contributed by atoms with Crippen LogP contribution in [0.4, 0.5) is 11.4 Å². The van der Waals surface area contributed by atoms with Gasteiger partial charge in [-0.1, -0.05) is 47.5 Å². The average Bonchev–Trinajstić information content (AvgIpc) is 3.71. The van der Waals surface area contributed by atoms with E-state index in [0.717, 1.165) is 24.3 Å². The molecule has 73 heavy (non-hydrogen) atoms. The summed E-state index contributed by atoms with van der Waals surface area (Å²) in [5, 5.41) is 47.4. The molecule has 14 heteroatoms. The van der Waals surface area contributed by atoms with Gasteiger partial charge >= 0.3 is 0 Å². The van der Waals surface area contributed by atoms with Gasteiger partial charge in [0.2, 0.25) is 13.2 Å². The predicted octanol–water partition coefficient (Wildman–Crippen LogP) is 7.84. The van der Waals surface area contributed by atoms with E-state index in [0.29, 0.717) is 17.8 Å². The second-order valence-corrected chi connectivity index (χ2v) is 17.3. The van der Waals surface area contributed by atoms with Gasteiger partial charge in [-0.2, -0.15) is 0 Å². The molecule has 41 radical (unpaired) electrons. The number of rotatable bonds is 20. The van der Waals surface area contributed by atoms with Crippen LogP contribution in [-0.4, -0.2) is 21.8 Å². The maximum absolute atomic E-state index is 12.7. The molecule has 349 valence electrons. The van der Waals surface area contributed by atoms with E-state index < -0.39 is 73.0 Å². The first-order valence-electron chi connectivity index (χ1n) is 21.3. The van der Waals surface area contributed by atoms with Crippen LogP contribution in [0.15, 0.2) is 72.8 Å². The lowest BCUT2D eigenvalue weighted by Gasteiger charge is -2.59. The Labute approximate surface area is 439 Å². The quantitative estimate of drug-likeness (QED) is 0.0624. The molecule has 4 saturated carbocycles. The Hall–Kier alpha value is -5.46. The van der Waals surface area contributed by atoms with Crippen LogP contribution in [0.3, 0.4) is 0 Å². The van der Waals surface area contributed by atoms with E-state index in [4.69, 9.17) is 32.7 Å². The van der Waals surface area contributed by atoms with Crippen LogP contribution in [0, 0.1) is 222 Å². The predicted molar refractivity (Wildman–Crippen MR) is 254 cm³/mol. The van der Waals surface area contributed by atoms with Gasteiger partial charge in [-0.25, -0.2) is 0 Å². The van der Waals surface area contributed by atoms with E-state index in [1.54, 1.807) is 0 Å². The molecule has 4 aromatic rings. The summed E-state index contributed by atoms with van der Waals surface area (Å²) in [5.74, 6) is -5.55. The number of carboxylic acids is 2. The number of nitro benzene ring substituents is 2. The number of fused-ring (bicyclic) bond motifs is 5. The number of carbonyl (C=O) groups excluding carboxylic acids is 2. The number of non-ortho nitro benzene ring substituents is 2. The SMILES string of the molecule is [CH2][C]([CH2])[C][C][C][C]([CH2])[C@H]1[C][C][C@H]2[C@@H]3[C][C][C]4[C][C@@H]([C][C][C]=C(c5cc(Cl)c(O[C]c6cccc([N+](=O)[O-])c6)c(C(=O)[O-])c5)c5cc(Cl)c(O[C]c6cccc([N+](=O)[O-])c6)c(C(=O)[O-])c5)[C][C][C@]4([CH2])[C@H]3[C][C][C@]12[CH2]. The maximum atomic E-state index is 12.7. The number of carbonyl (C=O) groups is 2. The molecule has 0 N–H and O–H groups in total. The zero-order chi connectivity index (χ0) is 52.4. The fraction of sp³-hybridized carbons (Fsp3) is 0.119. The second kappa shape index (κ2) is 22.6. The molecule has 0 bridgehead atoms. The van der Waals surface area contributed by atoms with Crippen LogP contribution >= 0.6 is 23.2 Å². The molecule has 0 aliphatic heterocycles. The smallest absolute Gasteiger partial charge is 0.269 e. The van der Waals surface area contributed by atoms with Crippen molar-refractivity contribution in [1.29, 1.82) is 0 Å². The van der Waals surface area contributed by atoms with Crippen molar-refractivity contribution >= 4 is 52.1 Å². The minimum Gasteiger partial charge on any atom is -0.545 e. The lowest BCUT2D eigenvalue weighted by molar-refractivity contribution is -0.385. The van der Waals surface area contributed by atoms with E-state index >= 15 is 0 Å². The Balaban J connectivity index is 1.04. The van der Waals surface area contributed by atoms with Crippen molar-refractivity contribution in [2.75, 3.05) is 0 Å². The van der Waals surface area contributed by atoms with Crippen molar-refractivity contribution in [3.8, 4) is 11.5 Å². The molecule has 8 rings (SSSR count). The summed E-state index contributed by atoms with van der Waals surface area (Å²) in [4.78, 5) is 46.8. The molecule has 0 amide bonds. The van der Waals surface area contributed by atoms with E-state index in [9.17, 15) is 40.0 Å². The molecular formula is C59H27Cl2N2O10-2. The van der Waals surface area contributed by atoms with E-state index in [2.05, 4.69) is 144 Å². The third-order valence-corrected chi connectivity index (χ3v) is 12.2. The van der Waals surface area contributed by atoms with E-state index in [1.807, 2.05) is 0 Å². The van der Waals surface area contributed by atoms with Crippen molar-refractivity contribution in [1.82, 2.24) is 0 Å². The summed E-state index contributed by atoms with van der Waals surface area (Å²) in [5.41, 5.74) is -3.76. The number of hydrogen-bond acceptors (Lipinski definition) is 10. The Morgan fingerprint density at radius 2 is 1.27 bits per heavy atom. The van der Waals surface area contributed by atoms with Gasteiger partial charge < -0.3 is 29.3 Å². The van der Waals surface area contributed by atoms with Crippen molar-refractivity contribution < 1.29 is 39.1 Å². The molecule has 0 spiro atoms. The molecule has 0 aromatic heterocycles. The summed E-state index contributed by atoms with van der Waals surface area (Å²) in [6, 6.07) is 15.0. The van der Waals surface area contributed by atoms with Crippen LogP contribution in [0.1, 0.15) is 43.0 Å². The van der Waals surface area contributed by atoms with E-state index in [1.165, 1.54) is 48.5 Å². The number of halogens is 2. The van der Waals surface area contributed by atoms with Gasteiger partial charge in [0.05, 0.1) is 31.8 Å². The minimum atomic E-state index is -1.77. The van der Waals surface area contributed by atoms with Crippen molar-refractivity contribution in [3.05, 3.63) is 298 Å². The number of ether oxygens (including phenoxy) is 2. The summed E-state index contributed by atoms with van der Waals surface area (Å²) < 4.78 is 11.1. The fourth-order valence-corrected chi connectivity index (χ4v) is 8.68. The Morgan fingerprint density at radius 3 is 1.81 bits per heavy atom. The highest BCUT2D eigenvalue weighted by Gasteiger charge is 2.62. The number of allylic oxidation sites excluding steroid dienone is 1. The highest BCUT2D eigenvalue weighted by molar-refractivity contribution is 6.33. The number of nitrogens with zero attached hydrogens (tertiary/aromatic N) is 2. The number of carboxylic acid groups (broad SMARTS) is 2. The summed E-state index contributed by atoms with van der Waals surface area (Å²) in [6.45, 7) is 25.3. The summed E-state index contributed by atoms with van der Waals surface area (Å²) in [6.07, 6.45) is 46.4. The Bertz CT molecular complexity index is 2630. The fourth-order valence-electron chi connectivity index (χ4n) is 8.17. The Morgan fingerprint density at radius 1 is 0.699 bits per heavy atom. The monoisotopic (exact) mass is 993 g/mol. The first-order chi connectivity index (χ1) is 34.8. The lowest BCUT2D eigenvalue weighted by Crippen LogP contribution is -2.54. The second-order valence-electron chi connectivity index (χ2n) is 16.5. The van der Waals surface area contributed by atoms with Crippen molar-refractivity contribution in [2.45, 2.75) is 0 Å². The molecule has 4 aliphatic rings. The maximum Gasteiger partial charge on any atom is 0.269 e. The van der Waals surface area contributed by atoms with Crippen LogP contribution in [0.25, 0.3) is 5.57 Å². The van der Waals surface area contributed by atoms with Gasteiger partial charge in [0.25, 0.3) is 11.4 Å². The molecule has 0 heterocycles. The van der Waals surface area contributed by atoms with Gasteiger partial charge in [-0.05, 0) is 217 Å². The number of benzene rings is 4. The van der Waals surface area contributed by atoms with Crippen molar-refractivity contribution in [3.63, 3.8) is 0 Å². The normalized spacial score (nSPS) is 24.6. The van der Waals surface area contributed by atoms with Crippen LogP contribution in [0.5, 0.6) is 11.5 Å². The van der Waals surface area contributed by atoms with Gasteiger partial charge in [-0.3, -0.25) is 20.2 Å². The average molecular weight is 995 g/mol. The van der Waals surface area contributed by atoms with Gasteiger partial charge in [-0.15, -0.1) is 0 Å².